The molecule has 0 aliphatic carbocycles. The maximum atomic E-state index is 11.5. The Hall–Kier alpha value is -2.58. The zero-order valence-electron chi connectivity index (χ0n) is 13.4. The van der Waals surface area contributed by atoms with Crippen molar-refractivity contribution >= 4 is 24.2 Å². The molecule has 0 bridgehead atoms. The van der Waals surface area contributed by atoms with Gasteiger partial charge >= 0.3 is 13.1 Å². The van der Waals surface area contributed by atoms with Crippen LogP contribution in [0.5, 0.6) is 11.6 Å². The van der Waals surface area contributed by atoms with Gasteiger partial charge in [0.2, 0.25) is 5.88 Å². The highest BCUT2D eigenvalue weighted by Gasteiger charge is 2.38. The number of pyridine rings is 1. The molecule has 0 radical (unpaired) electrons. The molecule has 0 saturated heterocycles. The predicted octanol–water partition coefficient (Wildman–Crippen LogP) is 1.09. The van der Waals surface area contributed by atoms with Crippen LogP contribution in [0.3, 0.4) is 0 Å². The fraction of sp³-hybridized carbons (Fsp3) is 0.250. The molecule has 1 unspecified atom stereocenters. The van der Waals surface area contributed by atoms with Crippen LogP contribution in [0.1, 0.15) is 23.7 Å². The van der Waals surface area contributed by atoms with Crippen molar-refractivity contribution in [3.63, 3.8) is 0 Å². The Morgan fingerprint density at radius 3 is 2.92 bits per heavy atom. The van der Waals surface area contributed by atoms with E-state index < -0.39 is 19.2 Å². The zero-order chi connectivity index (χ0) is 17.3. The highest BCUT2D eigenvalue weighted by atomic mass is 16.5. The number of nitrogens with zero attached hydrogens (tertiary/aromatic N) is 1. The summed E-state index contributed by atoms with van der Waals surface area (Å²) in [5.41, 5.74) is 8.35. The first-order valence-electron chi connectivity index (χ1n) is 7.42. The zero-order valence-corrected chi connectivity index (χ0v) is 13.4. The molecule has 7 nitrogen and oxygen atoms in total. The number of aryl methyl sites for hydroxylation is 1. The number of fused-ring (bicyclic) bond motifs is 1. The van der Waals surface area contributed by atoms with Crippen LogP contribution >= 0.6 is 0 Å². The maximum Gasteiger partial charge on any atom is 0.492 e. The van der Waals surface area contributed by atoms with Crippen LogP contribution < -0.4 is 15.9 Å². The van der Waals surface area contributed by atoms with Gasteiger partial charge in [-0.1, -0.05) is 0 Å². The summed E-state index contributed by atoms with van der Waals surface area (Å²) in [5.74, 6) is 0.513. The summed E-state index contributed by atoms with van der Waals surface area (Å²) in [4.78, 5) is 15.6. The topological polar surface area (TPSA) is 104 Å². The van der Waals surface area contributed by atoms with E-state index in [1.165, 1.54) is 13.3 Å². The van der Waals surface area contributed by atoms with Gasteiger partial charge in [0, 0.05) is 6.07 Å². The second kappa shape index (κ2) is 6.50. The summed E-state index contributed by atoms with van der Waals surface area (Å²) in [6.07, 6.45) is 1.01. The van der Waals surface area contributed by atoms with E-state index in [-0.39, 0.29) is 6.42 Å². The molecule has 1 aromatic carbocycles. The molecule has 0 amide bonds. The highest BCUT2D eigenvalue weighted by Crippen LogP contribution is 2.33. The molecule has 2 heterocycles. The smallest absolute Gasteiger partial charge is 0.469 e. The Morgan fingerprint density at radius 2 is 2.25 bits per heavy atom. The summed E-state index contributed by atoms with van der Waals surface area (Å²) in [7, 11) is 0.203. The van der Waals surface area contributed by atoms with Crippen molar-refractivity contribution in [3.05, 3.63) is 41.6 Å². The molecule has 3 N–H and O–H groups in total. The SMILES string of the molecule is COC(=O)CC1OB(O)c2cc(Oc3ccc(N)cn3)cc(C)c21. The molecule has 24 heavy (non-hydrogen) atoms. The number of anilines is 1. The Bertz CT molecular complexity index is 766. The standard InChI is InChI=1S/C16H17BN2O5/c1-9-5-11(23-14-4-3-10(18)8-19-14)6-12-16(9)13(24-17(12)21)7-15(20)22-2/h3-6,8,13,21H,7,18H2,1-2H3. The monoisotopic (exact) mass is 328 g/mol. The number of esters is 1. The average molecular weight is 328 g/mol. The van der Waals surface area contributed by atoms with E-state index in [9.17, 15) is 9.82 Å². The van der Waals surface area contributed by atoms with E-state index >= 15 is 0 Å². The molecule has 0 spiro atoms. The molecular formula is C16H17BN2O5. The van der Waals surface area contributed by atoms with Crippen LogP contribution in [-0.4, -0.2) is 30.2 Å². The van der Waals surface area contributed by atoms with Crippen molar-refractivity contribution in [3.8, 4) is 11.6 Å². The number of methoxy groups -OCH3 is 1. The number of nitrogen functional groups attached to an aromatic ring is 1. The van der Waals surface area contributed by atoms with Crippen molar-refractivity contribution in [2.24, 2.45) is 0 Å². The van der Waals surface area contributed by atoms with E-state index in [0.717, 1.165) is 11.1 Å². The number of aromatic nitrogens is 1. The highest BCUT2D eigenvalue weighted by molar-refractivity contribution is 6.62. The Morgan fingerprint density at radius 1 is 1.46 bits per heavy atom. The third-order valence-corrected chi connectivity index (χ3v) is 3.83. The summed E-state index contributed by atoms with van der Waals surface area (Å²) < 4.78 is 15.8. The minimum atomic E-state index is -1.11. The van der Waals surface area contributed by atoms with Crippen molar-refractivity contribution in [1.82, 2.24) is 4.98 Å². The quantitative estimate of drug-likeness (QED) is 0.639. The van der Waals surface area contributed by atoms with Crippen molar-refractivity contribution < 1.29 is 23.9 Å². The predicted molar refractivity (Wildman–Crippen MR) is 88.0 cm³/mol. The van der Waals surface area contributed by atoms with E-state index in [1.54, 1.807) is 18.2 Å². The number of nitrogens with two attached hydrogens (primary N) is 1. The minimum absolute atomic E-state index is 0.0428. The van der Waals surface area contributed by atoms with E-state index in [1.807, 2.05) is 13.0 Å². The summed E-state index contributed by atoms with van der Waals surface area (Å²) >= 11 is 0. The summed E-state index contributed by atoms with van der Waals surface area (Å²) in [6.45, 7) is 1.87. The van der Waals surface area contributed by atoms with Gasteiger partial charge in [-0.15, -0.1) is 0 Å². The Kier molecular flexibility index (Phi) is 4.41. The van der Waals surface area contributed by atoms with Crippen LogP contribution in [0.2, 0.25) is 0 Å². The molecule has 1 aromatic heterocycles. The molecule has 8 heteroatoms. The number of carbonyl (C=O) groups is 1. The van der Waals surface area contributed by atoms with Crippen molar-refractivity contribution in [1.29, 1.82) is 0 Å². The molecule has 3 rings (SSSR count). The van der Waals surface area contributed by atoms with Gasteiger partial charge in [0.1, 0.15) is 5.75 Å². The first-order chi connectivity index (χ1) is 11.5. The summed E-state index contributed by atoms with van der Waals surface area (Å²) in [6, 6.07) is 6.84. The molecule has 1 aliphatic heterocycles. The van der Waals surface area contributed by atoms with E-state index in [4.69, 9.17) is 15.1 Å². The Labute approximate surface area is 139 Å². The number of hydrogen-bond donors (Lipinski definition) is 2. The number of ether oxygens (including phenoxy) is 2. The van der Waals surface area contributed by atoms with Gasteiger partial charge in [0.15, 0.2) is 0 Å². The van der Waals surface area contributed by atoms with Gasteiger partial charge in [-0.25, -0.2) is 4.98 Å². The van der Waals surface area contributed by atoms with E-state index in [2.05, 4.69) is 9.72 Å². The fourth-order valence-electron chi connectivity index (χ4n) is 2.75. The van der Waals surface area contributed by atoms with Gasteiger partial charge in [-0.2, -0.15) is 0 Å². The molecule has 0 saturated carbocycles. The lowest BCUT2D eigenvalue weighted by atomic mass is 9.77. The third kappa shape index (κ3) is 3.20. The summed E-state index contributed by atoms with van der Waals surface area (Å²) in [5, 5.41) is 10.1. The van der Waals surface area contributed by atoms with Crippen LogP contribution in [-0.2, 0) is 14.2 Å². The largest absolute Gasteiger partial charge is 0.492 e. The van der Waals surface area contributed by atoms with Gasteiger partial charge in [-0.05, 0) is 41.7 Å². The van der Waals surface area contributed by atoms with Crippen LogP contribution in [0.25, 0.3) is 0 Å². The van der Waals surface area contributed by atoms with Gasteiger partial charge in [0.05, 0.1) is 31.5 Å². The second-order valence-electron chi connectivity index (χ2n) is 5.53. The molecular weight excluding hydrogens is 311 g/mol. The van der Waals surface area contributed by atoms with E-state index in [0.29, 0.717) is 22.8 Å². The number of benzene rings is 1. The lowest BCUT2D eigenvalue weighted by molar-refractivity contribution is -0.142. The molecule has 1 atom stereocenters. The molecule has 0 fully saturated rings. The molecule has 124 valence electrons. The maximum absolute atomic E-state index is 11.5. The van der Waals surface area contributed by atoms with Crippen LogP contribution in [0.15, 0.2) is 30.5 Å². The van der Waals surface area contributed by atoms with Gasteiger partial charge < -0.3 is 24.9 Å². The Balaban J connectivity index is 1.88. The number of carbonyl (C=O) groups excluding carboxylic acids is 1. The third-order valence-electron chi connectivity index (χ3n) is 3.83. The lowest BCUT2D eigenvalue weighted by Crippen LogP contribution is -2.28. The number of rotatable bonds is 4. The first-order valence-corrected chi connectivity index (χ1v) is 7.42. The second-order valence-corrected chi connectivity index (χ2v) is 5.53. The van der Waals surface area contributed by atoms with Crippen LogP contribution in [0, 0.1) is 6.92 Å². The normalized spacial score (nSPS) is 16.0. The first kappa shape index (κ1) is 16.3. The van der Waals surface area contributed by atoms with Crippen molar-refractivity contribution in [2.45, 2.75) is 19.4 Å². The van der Waals surface area contributed by atoms with Gasteiger partial charge in [-0.3, -0.25) is 4.79 Å². The number of hydrogen-bond acceptors (Lipinski definition) is 7. The van der Waals surface area contributed by atoms with Crippen molar-refractivity contribution in [2.75, 3.05) is 12.8 Å². The molecule has 1 aliphatic rings. The van der Waals surface area contributed by atoms with Crippen LogP contribution in [0.4, 0.5) is 5.69 Å². The lowest BCUT2D eigenvalue weighted by Gasteiger charge is -2.14. The molecule has 2 aromatic rings. The fourth-order valence-corrected chi connectivity index (χ4v) is 2.75. The average Bonchev–Trinajstić information content (AvgIpc) is 2.86. The van der Waals surface area contributed by atoms with Gasteiger partial charge in [0.25, 0.3) is 0 Å². The minimum Gasteiger partial charge on any atom is -0.469 e.